The Hall–Kier alpha value is -2.09. The van der Waals surface area contributed by atoms with Crippen LogP contribution in [-0.4, -0.2) is 5.97 Å². The van der Waals surface area contributed by atoms with Crippen LogP contribution >= 0.6 is 0 Å². The average molecular weight is 310 g/mol. The number of carbonyl (C=O) groups is 1. The summed E-state index contributed by atoms with van der Waals surface area (Å²) >= 11 is 0. The molecule has 0 N–H and O–H groups in total. The maximum Gasteiger partial charge on any atom is 0.318 e. The molecule has 2 rings (SSSR count). The zero-order chi connectivity index (χ0) is 17.0. The molecule has 2 heteroatoms. The topological polar surface area (TPSA) is 26.3 Å². The molecule has 0 heterocycles. The van der Waals surface area contributed by atoms with Gasteiger partial charge in [0.15, 0.2) is 0 Å². The van der Waals surface area contributed by atoms with Gasteiger partial charge in [-0.15, -0.1) is 0 Å². The Morgan fingerprint density at radius 2 is 1.65 bits per heavy atom. The van der Waals surface area contributed by atoms with Crippen molar-refractivity contribution in [1.29, 1.82) is 0 Å². The second-order valence-electron chi connectivity index (χ2n) is 6.75. The Morgan fingerprint density at radius 1 is 1.00 bits per heavy atom. The van der Waals surface area contributed by atoms with Crippen LogP contribution in [0.3, 0.4) is 0 Å². The second kappa shape index (κ2) is 7.45. The normalized spacial score (nSPS) is 12.3. The molecule has 0 saturated heterocycles. The molecule has 122 valence electrons. The van der Waals surface area contributed by atoms with Crippen LogP contribution in [-0.2, 0) is 11.2 Å². The molecular formula is C21H26O2. The summed E-state index contributed by atoms with van der Waals surface area (Å²) < 4.78 is 5.57. The first-order chi connectivity index (χ1) is 10.9. The zero-order valence-electron chi connectivity index (χ0n) is 14.7. The lowest BCUT2D eigenvalue weighted by Crippen LogP contribution is -2.16. The summed E-state index contributed by atoms with van der Waals surface area (Å²) in [6.07, 6.45) is 1.06. The zero-order valence-corrected chi connectivity index (χ0v) is 14.7. The molecule has 0 amide bonds. The summed E-state index contributed by atoms with van der Waals surface area (Å²) in [6.45, 7) is 10.3. The predicted molar refractivity (Wildman–Crippen MR) is 95.0 cm³/mol. The molecule has 2 nitrogen and oxygen atoms in total. The highest BCUT2D eigenvalue weighted by Crippen LogP contribution is 2.23. The van der Waals surface area contributed by atoms with E-state index in [1.54, 1.807) is 0 Å². The van der Waals surface area contributed by atoms with Crippen LogP contribution in [0, 0.1) is 19.8 Å². The van der Waals surface area contributed by atoms with E-state index in [0.29, 0.717) is 11.7 Å². The van der Waals surface area contributed by atoms with Crippen molar-refractivity contribution in [2.75, 3.05) is 0 Å². The van der Waals surface area contributed by atoms with E-state index in [1.807, 2.05) is 51.1 Å². The van der Waals surface area contributed by atoms with Crippen molar-refractivity contribution < 1.29 is 9.53 Å². The van der Waals surface area contributed by atoms with Gasteiger partial charge < -0.3 is 4.74 Å². The van der Waals surface area contributed by atoms with Gasteiger partial charge in [-0.25, -0.2) is 0 Å². The van der Waals surface area contributed by atoms with Crippen LogP contribution in [0.25, 0.3) is 0 Å². The first-order valence-electron chi connectivity index (χ1n) is 8.24. The van der Waals surface area contributed by atoms with Crippen LogP contribution in [0.5, 0.6) is 5.75 Å². The van der Waals surface area contributed by atoms with Crippen molar-refractivity contribution >= 4 is 5.97 Å². The summed E-state index contributed by atoms with van der Waals surface area (Å²) in [4.78, 5) is 12.4. The summed E-state index contributed by atoms with van der Waals surface area (Å²) in [6, 6.07) is 14.1. The van der Waals surface area contributed by atoms with Gasteiger partial charge in [0.1, 0.15) is 5.75 Å². The number of benzene rings is 2. The van der Waals surface area contributed by atoms with Gasteiger partial charge in [0.2, 0.25) is 0 Å². The molecule has 0 aliphatic carbocycles. The standard InChI is InChI=1S/C21H26O2/c1-14(2)12-18-7-9-19(10-8-18)17(5)21(22)23-20-11-6-15(3)13-16(20)4/h6-11,13-14,17H,12H2,1-5H3/t17-/m0/s1. The van der Waals surface area contributed by atoms with E-state index in [1.165, 1.54) is 5.56 Å². The largest absolute Gasteiger partial charge is 0.426 e. The summed E-state index contributed by atoms with van der Waals surface area (Å²) in [5, 5.41) is 0. The number of ether oxygens (including phenoxy) is 1. The van der Waals surface area contributed by atoms with Crippen molar-refractivity contribution in [2.45, 2.75) is 47.0 Å². The Labute approximate surface area is 139 Å². The van der Waals surface area contributed by atoms with Gasteiger partial charge in [-0.05, 0) is 55.9 Å². The molecule has 0 aromatic heterocycles. The third-order valence-electron chi connectivity index (χ3n) is 4.02. The third kappa shape index (κ3) is 4.69. The number of esters is 1. The van der Waals surface area contributed by atoms with Crippen LogP contribution in [0.4, 0.5) is 0 Å². The van der Waals surface area contributed by atoms with E-state index in [0.717, 1.165) is 23.1 Å². The van der Waals surface area contributed by atoms with E-state index < -0.39 is 0 Å². The minimum atomic E-state index is -0.274. The third-order valence-corrected chi connectivity index (χ3v) is 4.02. The Bertz CT molecular complexity index is 669. The fraction of sp³-hybridized carbons (Fsp3) is 0.381. The maximum absolute atomic E-state index is 12.4. The number of carbonyl (C=O) groups excluding carboxylic acids is 1. The van der Waals surface area contributed by atoms with Gasteiger partial charge in [0.25, 0.3) is 0 Å². The van der Waals surface area contributed by atoms with E-state index in [2.05, 4.69) is 26.0 Å². The van der Waals surface area contributed by atoms with E-state index in [-0.39, 0.29) is 11.9 Å². The van der Waals surface area contributed by atoms with E-state index >= 15 is 0 Å². The lowest BCUT2D eigenvalue weighted by Gasteiger charge is -2.14. The molecule has 2 aromatic carbocycles. The highest BCUT2D eigenvalue weighted by molar-refractivity contribution is 5.80. The summed E-state index contributed by atoms with van der Waals surface area (Å²) in [5.41, 5.74) is 4.44. The van der Waals surface area contributed by atoms with Crippen molar-refractivity contribution in [1.82, 2.24) is 0 Å². The van der Waals surface area contributed by atoms with Crippen molar-refractivity contribution in [2.24, 2.45) is 5.92 Å². The number of hydrogen-bond acceptors (Lipinski definition) is 2. The fourth-order valence-corrected chi connectivity index (χ4v) is 2.66. The Kier molecular flexibility index (Phi) is 5.59. The van der Waals surface area contributed by atoms with Crippen LogP contribution in [0.15, 0.2) is 42.5 Å². The van der Waals surface area contributed by atoms with E-state index in [9.17, 15) is 4.79 Å². The minimum absolute atomic E-state index is 0.214. The highest BCUT2D eigenvalue weighted by Gasteiger charge is 2.18. The first kappa shape index (κ1) is 17.3. The molecular weight excluding hydrogens is 284 g/mol. The Balaban J connectivity index is 2.07. The van der Waals surface area contributed by atoms with Gasteiger partial charge in [-0.2, -0.15) is 0 Å². The van der Waals surface area contributed by atoms with Gasteiger partial charge in [0, 0.05) is 0 Å². The SMILES string of the molecule is Cc1ccc(OC(=O)[C@@H](C)c2ccc(CC(C)C)cc2)c(C)c1. The number of rotatable bonds is 5. The molecule has 0 bridgehead atoms. The molecule has 1 atom stereocenters. The molecule has 0 aliphatic heterocycles. The predicted octanol–water partition coefficient (Wildman–Crippen LogP) is 5.21. The van der Waals surface area contributed by atoms with Gasteiger partial charge in [-0.3, -0.25) is 4.79 Å². The van der Waals surface area contributed by atoms with Gasteiger partial charge in [0.05, 0.1) is 5.92 Å². The van der Waals surface area contributed by atoms with Crippen molar-refractivity contribution in [3.63, 3.8) is 0 Å². The van der Waals surface area contributed by atoms with Crippen LogP contribution in [0.2, 0.25) is 0 Å². The van der Waals surface area contributed by atoms with Crippen molar-refractivity contribution in [3.8, 4) is 5.75 Å². The lowest BCUT2D eigenvalue weighted by atomic mass is 9.97. The smallest absolute Gasteiger partial charge is 0.318 e. The summed E-state index contributed by atoms with van der Waals surface area (Å²) in [7, 11) is 0. The molecule has 0 fully saturated rings. The van der Waals surface area contributed by atoms with Crippen LogP contribution in [0.1, 0.15) is 48.9 Å². The quantitative estimate of drug-likeness (QED) is 0.559. The van der Waals surface area contributed by atoms with Crippen LogP contribution < -0.4 is 4.74 Å². The Morgan fingerprint density at radius 3 is 2.22 bits per heavy atom. The fourth-order valence-electron chi connectivity index (χ4n) is 2.66. The highest BCUT2D eigenvalue weighted by atomic mass is 16.5. The lowest BCUT2D eigenvalue weighted by molar-refractivity contribution is -0.135. The van der Waals surface area contributed by atoms with Crippen molar-refractivity contribution in [3.05, 3.63) is 64.7 Å². The monoisotopic (exact) mass is 310 g/mol. The van der Waals surface area contributed by atoms with E-state index in [4.69, 9.17) is 4.74 Å². The maximum atomic E-state index is 12.4. The first-order valence-corrected chi connectivity index (χ1v) is 8.24. The molecule has 0 spiro atoms. The molecule has 2 aromatic rings. The average Bonchev–Trinajstić information content (AvgIpc) is 2.49. The number of hydrogen-bond donors (Lipinski definition) is 0. The molecule has 0 saturated carbocycles. The minimum Gasteiger partial charge on any atom is -0.426 e. The molecule has 0 radical (unpaired) electrons. The molecule has 0 aliphatic rings. The van der Waals surface area contributed by atoms with Gasteiger partial charge in [-0.1, -0.05) is 55.8 Å². The molecule has 0 unspecified atom stereocenters. The summed E-state index contributed by atoms with van der Waals surface area (Å²) in [5.74, 6) is 0.786. The second-order valence-corrected chi connectivity index (χ2v) is 6.75. The molecule has 23 heavy (non-hydrogen) atoms. The van der Waals surface area contributed by atoms with Gasteiger partial charge >= 0.3 is 5.97 Å². The number of aryl methyl sites for hydroxylation is 2.